The summed E-state index contributed by atoms with van der Waals surface area (Å²) in [4.78, 5) is 15.0. The molecule has 0 spiro atoms. The van der Waals surface area contributed by atoms with Crippen molar-refractivity contribution in [2.45, 2.75) is 53.6 Å². The van der Waals surface area contributed by atoms with Gasteiger partial charge in [-0.1, -0.05) is 13.8 Å². The molecule has 0 aliphatic rings. The van der Waals surface area contributed by atoms with E-state index in [9.17, 15) is 0 Å². The Bertz CT molecular complexity index is 657. The predicted octanol–water partition coefficient (Wildman–Crippen LogP) is 3.60. The van der Waals surface area contributed by atoms with Gasteiger partial charge in [0.15, 0.2) is 5.96 Å². The number of aryl methyl sites for hydroxylation is 2. The maximum atomic E-state index is 4.66. The molecule has 0 amide bonds. The van der Waals surface area contributed by atoms with Crippen molar-refractivity contribution >= 4 is 28.6 Å². The zero-order chi connectivity index (χ0) is 16.8. The van der Waals surface area contributed by atoms with Gasteiger partial charge in [0.25, 0.3) is 0 Å². The van der Waals surface area contributed by atoms with E-state index < -0.39 is 0 Å². The molecule has 2 aromatic heterocycles. The summed E-state index contributed by atoms with van der Waals surface area (Å²) in [5, 5.41) is 10.9. The first-order valence-corrected chi connectivity index (χ1v) is 9.58. The van der Waals surface area contributed by atoms with E-state index in [-0.39, 0.29) is 0 Å². The summed E-state index contributed by atoms with van der Waals surface area (Å²) in [5.41, 5.74) is 2.23. The third-order valence-electron chi connectivity index (χ3n) is 3.29. The Morgan fingerprint density at radius 2 is 2.04 bits per heavy atom. The quantitative estimate of drug-likeness (QED) is 0.617. The van der Waals surface area contributed by atoms with Crippen LogP contribution in [0.3, 0.4) is 0 Å². The zero-order valence-electron chi connectivity index (χ0n) is 14.4. The van der Waals surface area contributed by atoms with Gasteiger partial charge in [0.1, 0.15) is 5.01 Å². The average molecular weight is 352 g/mol. The summed E-state index contributed by atoms with van der Waals surface area (Å²) in [6, 6.07) is 0. The molecule has 2 N–H and O–H groups in total. The second-order valence-electron chi connectivity index (χ2n) is 5.61. The van der Waals surface area contributed by atoms with Crippen molar-refractivity contribution in [3.63, 3.8) is 0 Å². The summed E-state index contributed by atoms with van der Waals surface area (Å²) in [6.45, 7) is 12.7. The fourth-order valence-electron chi connectivity index (χ4n) is 2.04. The van der Waals surface area contributed by atoms with Crippen LogP contribution in [0.25, 0.3) is 0 Å². The minimum absolute atomic E-state index is 0.472. The standard InChI is InChI=1S/C16H25N5S2/c1-6-17-16(18-7-14-11(4)20-12(5)23-14)19-8-15-21-13(9-22-15)10(2)3/h9-10H,6-8H2,1-5H3,(H2,17,18,19). The topological polar surface area (TPSA) is 62.2 Å². The predicted molar refractivity (Wildman–Crippen MR) is 99.4 cm³/mol. The van der Waals surface area contributed by atoms with E-state index in [4.69, 9.17) is 0 Å². The average Bonchev–Trinajstić information content (AvgIpc) is 3.08. The van der Waals surface area contributed by atoms with Crippen molar-refractivity contribution in [3.8, 4) is 0 Å². The maximum Gasteiger partial charge on any atom is 0.191 e. The van der Waals surface area contributed by atoms with Crippen LogP contribution >= 0.6 is 22.7 Å². The molecule has 0 aromatic carbocycles. The summed E-state index contributed by atoms with van der Waals surface area (Å²) in [5.74, 6) is 1.29. The van der Waals surface area contributed by atoms with Crippen LogP contribution in [0.2, 0.25) is 0 Å². The molecule has 0 aliphatic carbocycles. The van der Waals surface area contributed by atoms with E-state index in [2.05, 4.69) is 51.7 Å². The van der Waals surface area contributed by atoms with Crippen molar-refractivity contribution < 1.29 is 0 Å². The van der Waals surface area contributed by atoms with Crippen molar-refractivity contribution in [1.29, 1.82) is 0 Å². The molecule has 2 rings (SSSR count). The number of rotatable bonds is 6. The van der Waals surface area contributed by atoms with Crippen LogP contribution in [0.1, 0.15) is 53.0 Å². The number of guanidine groups is 1. The normalized spacial score (nSPS) is 12.0. The van der Waals surface area contributed by atoms with Gasteiger partial charge in [-0.05, 0) is 26.7 Å². The Hall–Kier alpha value is -1.47. The molecule has 0 unspecified atom stereocenters. The fraction of sp³-hybridized carbons (Fsp3) is 0.562. The monoisotopic (exact) mass is 351 g/mol. The van der Waals surface area contributed by atoms with Gasteiger partial charge in [-0.15, -0.1) is 22.7 Å². The second-order valence-corrected chi connectivity index (χ2v) is 7.84. The molecule has 126 valence electrons. The van der Waals surface area contributed by atoms with Gasteiger partial charge in [-0.25, -0.2) is 15.0 Å². The molecule has 0 aliphatic heterocycles. The Labute approximate surface area is 146 Å². The molecule has 0 radical (unpaired) electrons. The molecular weight excluding hydrogens is 326 g/mol. The molecule has 23 heavy (non-hydrogen) atoms. The molecule has 0 saturated carbocycles. The lowest BCUT2D eigenvalue weighted by molar-refractivity contribution is 0.788. The molecule has 0 fully saturated rings. The molecule has 7 heteroatoms. The highest BCUT2D eigenvalue weighted by atomic mass is 32.1. The number of nitrogens with one attached hydrogen (secondary N) is 2. The van der Waals surface area contributed by atoms with Crippen LogP contribution in [-0.4, -0.2) is 22.5 Å². The van der Waals surface area contributed by atoms with E-state index in [1.165, 1.54) is 4.88 Å². The van der Waals surface area contributed by atoms with E-state index in [1.54, 1.807) is 22.7 Å². The molecule has 5 nitrogen and oxygen atoms in total. The first-order valence-electron chi connectivity index (χ1n) is 7.89. The smallest absolute Gasteiger partial charge is 0.191 e. The van der Waals surface area contributed by atoms with E-state index in [0.29, 0.717) is 19.0 Å². The highest BCUT2D eigenvalue weighted by Gasteiger charge is 2.07. The van der Waals surface area contributed by atoms with Gasteiger partial charge in [-0.2, -0.15) is 0 Å². The highest BCUT2D eigenvalue weighted by Crippen LogP contribution is 2.18. The van der Waals surface area contributed by atoms with Gasteiger partial charge in [0, 0.05) is 16.8 Å². The second kappa shape index (κ2) is 8.40. The molecule has 2 aromatic rings. The third-order valence-corrected chi connectivity index (χ3v) is 5.22. The summed E-state index contributed by atoms with van der Waals surface area (Å²) in [7, 11) is 0. The van der Waals surface area contributed by atoms with Gasteiger partial charge in [-0.3, -0.25) is 0 Å². The maximum absolute atomic E-state index is 4.66. The van der Waals surface area contributed by atoms with Crippen LogP contribution in [-0.2, 0) is 13.1 Å². The molecule has 0 saturated heterocycles. The Balaban J connectivity index is 1.97. The first kappa shape index (κ1) is 17.9. The SMILES string of the molecule is CCNC(=NCc1sc(C)nc1C)NCc1nc(C(C)C)cs1. The Morgan fingerprint density at radius 3 is 2.61 bits per heavy atom. The minimum Gasteiger partial charge on any atom is -0.357 e. The number of aliphatic imine (C=N–C) groups is 1. The third kappa shape index (κ3) is 5.28. The first-order chi connectivity index (χ1) is 11.0. The lowest BCUT2D eigenvalue weighted by atomic mass is 10.2. The fourth-order valence-corrected chi connectivity index (χ4v) is 3.80. The van der Waals surface area contributed by atoms with Crippen LogP contribution in [0.15, 0.2) is 10.4 Å². The van der Waals surface area contributed by atoms with Crippen molar-refractivity contribution in [2.24, 2.45) is 4.99 Å². The van der Waals surface area contributed by atoms with Gasteiger partial charge < -0.3 is 10.6 Å². The number of nitrogens with zero attached hydrogens (tertiary/aromatic N) is 3. The van der Waals surface area contributed by atoms with Crippen LogP contribution in [0, 0.1) is 13.8 Å². The van der Waals surface area contributed by atoms with E-state index in [1.807, 2.05) is 13.8 Å². The molecule has 2 heterocycles. The lowest BCUT2D eigenvalue weighted by Crippen LogP contribution is -2.36. The van der Waals surface area contributed by atoms with Crippen LogP contribution in [0.4, 0.5) is 0 Å². The van der Waals surface area contributed by atoms with Gasteiger partial charge >= 0.3 is 0 Å². The Kier molecular flexibility index (Phi) is 6.53. The van der Waals surface area contributed by atoms with E-state index in [0.717, 1.165) is 33.9 Å². The molecule has 0 atom stereocenters. The summed E-state index contributed by atoms with van der Waals surface area (Å²) >= 11 is 3.41. The van der Waals surface area contributed by atoms with Crippen molar-refractivity contribution in [2.75, 3.05) is 6.54 Å². The number of thiazole rings is 2. The molecule has 0 bridgehead atoms. The molecular formula is C16H25N5S2. The summed E-state index contributed by atoms with van der Waals surface area (Å²) in [6.07, 6.45) is 0. The van der Waals surface area contributed by atoms with Gasteiger partial charge in [0.05, 0.1) is 29.5 Å². The van der Waals surface area contributed by atoms with E-state index >= 15 is 0 Å². The van der Waals surface area contributed by atoms with Gasteiger partial charge in [0.2, 0.25) is 0 Å². The number of hydrogen-bond donors (Lipinski definition) is 2. The largest absolute Gasteiger partial charge is 0.357 e. The van der Waals surface area contributed by atoms with Crippen molar-refractivity contribution in [3.05, 3.63) is 31.7 Å². The minimum atomic E-state index is 0.472. The lowest BCUT2D eigenvalue weighted by Gasteiger charge is -2.09. The number of aromatic nitrogens is 2. The van der Waals surface area contributed by atoms with Crippen LogP contribution < -0.4 is 10.6 Å². The van der Waals surface area contributed by atoms with Crippen LogP contribution in [0.5, 0.6) is 0 Å². The summed E-state index contributed by atoms with van der Waals surface area (Å²) < 4.78 is 0. The zero-order valence-corrected chi connectivity index (χ0v) is 16.1. The Morgan fingerprint density at radius 1 is 1.26 bits per heavy atom. The van der Waals surface area contributed by atoms with Crippen molar-refractivity contribution in [1.82, 2.24) is 20.6 Å². The highest BCUT2D eigenvalue weighted by molar-refractivity contribution is 7.11. The number of hydrogen-bond acceptors (Lipinski definition) is 5.